The van der Waals surface area contributed by atoms with Gasteiger partial charge in [-0.05, 0) is 13.0 Å². The van der Waals surface area contributed by atoms with Crippen LogP contribution in [0.15, 0.2) is 12.1 Å². The third-order valence-electron chi connectivity index (χ3n) is 2.81. The SMILES string of the molecule is Cc1c(-c2cc(F)cc([N+](=O)[O-])c2F)nn(C)c1N. The lowest BCUT2D eigenvalue weighted by Gasteiger charge is -2.02. The zero-order chi connectivity index (χ0) is 14.3. The van der Waals surface area contributed by atoms with Gasteiger partial charge in [0.25, 0.3) is 0 Å². The van der Waals surface area contributed by atoms with Gasteiger partial charge < -0.3 is 5.73 Å². The Morgan fingerprint density at radius 1 is 1.42 bits per heavy atom. The van der Waals surface area contributed by atoms with Gasteiger partial charge in [-0.1, -0.05) is 0 Å². The molecule has 8 heteroatoms. The molecule has 0 aliphatic heterocycles. The predicted octanol–water partition coefficient (Wildman–Crippen LogP) is 2.16. The van der Waals surface area contributed by atoms with E-state index in [1.54, 1.807) is 6.92 Å². The Bertz CT molecular complexity index is 682. The van der Waals surface area contributed by atoms with Crippen LogP contribution in [-0.4, -0.2) is 14.7 Å². The van der Waals surface area contributed by atoms with E-state index in [0.29, 0.717) is 11.6 Å². The molecule has 0 saturated carbocycles. The lowest BCUT2D eigenvalue weighted by Crippen LogP contribution is -1.98. The number of aryl methyl sites for hydroxylation is 1. The van der Waals surface area contributed by atoms with Gasteiger partial charge in [-0.2, -0.15) is 9.49 Å². The van der Waals surface area contributed by atoms with Gasteiger partial charge in [-0.3, -0.25) is 14.8 Å². The quantitative estimate of drug-likeness (QED) is 0.667. The molecule has 0 atom stereocenters. The second-order valence-electron chi connectivity index (χ2n) is 4.03. The van der Waals surface area contributed by atoms with Crippen LogP contribution in [0.2, 0.25) is 0 Å². The summed E-state index contributed by atoms with van der Waals surface area (Å²) >= 11 is 0. The summed E-state index contributed by atoms with van der Waals surface area (Å²) in [7, 11) is 1.54. The topological polar surface area (TPSA) is 87.0 Å². The zero-order valence-corrected chi connectivity index (χ0v) is 10.1. The first-order chi connectivity index (χ1) is 8.82. The fourth-order valence-electron chi connectivity index (χ4n) is 1.78. The number of nitro benzene ring substituents is 1. The molecular formula is C11H10F2N4O2. The molecule has 0 spiro atoms. The van der Waals surface area contributed by atoms with E-state index in [1.807, 2.05) is 0 Å². The van der Waals surface area contributed by atoms with Gasteiger partial charge in [0.2, 0.25) is 5.82 Å². The van der Waals surface area contributed by atoms with E-state index in [0.717, 1.165) is 6.07 Å². The van der Waals surface area contributed by atoms with Crippen LogP contribution in [0, 0.1) is 28.7 Å². The van der Waals surface area contributed by atoms with Gasteiger partial charge in [0.1, 0.15) is 17.3 Å². The van der Waals surface area contributed by atoms with Gasteiger partial charge in [0.05, 0.1) is 11.0 Å². The van der Waals surface area contributed by atoms with Gasteiger partial charge in [-0.25, -0.2) is 4.39 Å². The molecule has 2 rings (SSSR count). The van der Waals surface area contributed by atoms with Crippen LogP contribution >= 0.6 is 0 Å². The first-order valence-corrected chi connectivity index (χ1v) is 5.25. The van der Waals surface area contributed by atoms with Crippen LogP contribution in [0.4, 0.5) is 20.3 Å². The highest BCUT2D eigenvalue weighted by Gasteiger charge is 2.24. The number of nitrogens with two attached hydrogens (primary N) is 1. The smallest absolute Gasteiger partial charge is 0.308 e. The standard InChI is InChI=1S/C11H10F2N4O2/c1-5-10(15-16(2)11(5)14)7-3-6(12)4-8(9(7)13)17(18)19/h3-4H,14H2,1-2H3. The van der Waals surface area contributed by atoms with Gasteiger partial charge in [-0.15, -0.1) is 0 Å². The van der Waals surface area contributed by atoms with Gasteiger partial charge >= 0.3 is 5.69 Å². The molecule has 1 heterocycles. The van der Waals surface area contributed by atoms with Crippen LogP contribution < -0.4 is 5.73 Å². The van der Waals surface area contributed by atoms with E-state index in [9.17, 15) is 18.9 Å². The number of hydrogen-bond donors (Lipinski definition) is 1. The van der Waals surface area contributed by atoms with Crippen molar-refractivity contribution < 1.29 is 13.7 Å². The highest BCUT2D eigenvalue weighted by atomic mass is 19.1. The molecule has 2 N–H and O–H groups in total. The number of aromatic nitrogens is 2. The molecule has 0 radical (unpaired) electrons. The monoisotopic (exact) mass is 268 g/mol. The summed E-state index contributed by atoms with van der Waals surface area (Å²) in [5, 5.41) is 14.6. The van der Waals surface area contributed by atoms with E-state index in [1.165, 1.54) is 11.7 Å². The summed E-state index contributed by atoms with van der Waals surface area (Å²) in [6.07, 6.45) is 0. The second-order valence-corrected chi connectivity index (χ2v) is 4.03. The van der Waals surface area contributed by atoms with Gasteiger partial charge in [0.15, 0.2) is 0 Å². The van der Waals surface area contributed by atoms with Crippen molar-refractivity contribution in [2.75, 3.05) is 5.73 Å². The number of nitrogens with zero attached hydrogens (tertiary/aromatic N) is 3. The summed E-state index contributed by atoms with van der Waals surface area (Å²) in [6, 6.07) is 1.39. The van der Waals surface area contributed by atoms with Gasteiger partial charge in [0, 0.05) is 18.2 Å². The van der Waals surface area contributed by atoms with Crippen LogP contribution in [0.3, 0.4) is 0 Å². The number of rotatable bonds is 2. The molecule has 1 aromatic heterocycles. The number of halogens is 2. The average Bonchev–Trinajstić information content (AvgIpc) is 2.59. The molecule has 19 heavy (non-hydrogen) atoms. The largest absolute Gasteiger partial charge is 0.384 e. The number of nitro groups is 1. The minimum atomic E-state index is -1.13. The first kappa shape index (κ1) is 12.9. The summed E-state index contributed by atoms with van der Waals surface area (Å²) < 4.78 is 28.7. The van der Waals surface area contributed by atoms with Crippen LogP contribution in [0.5, 0.6) is 0 Å². The second kappa shape index (κ2) is 4.30. The van der Waals surface area contributed by atoms with Crippen LogP contribution in [0.25, 0.3) is 11.3 Å². The maximum atomic E-state index is 14.0. The normalized spacial score (nSPS) is 10.7. The van der Waals surface area contributed by atoms with E-state index >= 15 is 0 Å². The Morgan fingerprint density at radius 3 is 2.53 bits per heavy atom. The number of hydrogen-bond acceptors (Lipinski definition) is 4. The molecule has 0 aliphatic carbocycles. The Balaban J connectivity index is 2.75. The van der Waals surface area contributed by atoms with E-state index < -0.39 is 22.2 Å². The highest BCUT2D eigenvalue weighted by Crippen LogP contribution is 2.32. The van der Waals surface area contributed by atoms with Crippen molar-refractivity contribution in [3.8, 4) is 11.3 Å². The zero-order valence-electron chi connectivity index (χ0n) is 10.1. The molecule has 0 unspecified atom stereocenters. The molecule has 100 valence electrons. The minimum Gasteiger partial charge on any atom is -0.384 e. The lowest BCUT2D eigenvalue weighted by molar-refractivity contribution is -0.387. The molecule has 0 amide bonds. The van der Waals surface area contributed by atoms with E-state index in [-0.39, 0.29) is 17.1 Å². The van der Waals surface area contributed by atoms with Crippen LogP contribution in [-0.2, 0) is 7.05 Å². The van der Waals surface area contributed by atoms with Crippen molar-refractivity contribution in [1.82, 2.24) is 9.78 Å². The van der Waals surface area contributed by atoms with Crippen molar-refractivity contribution in [2.24, 2.45) is 7.05 Å². The minimum absolute atomic E-state index is 0.0834. The molecule has 1 aromatic carbocycles. The fourth-order valence-corrected chi connectivity index (χ4v) is 1.78. The molecule has 2 aromatic rings. The maximum Gasteiger partial charge on any atom is 0.308 e. The van der Waals surface area contributed by atoms with E-state index in [2.05, 4.69) is 5.10 Å². The lowest BCUT2D eigenvalue weighted by atomic mass is 10.1. The van der Waals surface area contributed by atoms with Crippen molar-refractivity contribution in [1.29, 1.82) is 0 Å². The number of anilines is 1. The number of nitrogen functional groups attached to an aromatic ring is 1. The Kier molecular flexibility index (Phi) is 2.93. The fraction of sp³-hybridized carbons (Fsp3) is 0.182. The van der Waals surface area contributed by atoms with Crippen molar-refractivity contribution in [3.63, 3.8) is 0 Å². The first-order valence-electron chi connectivity index (χ1n) is 5.25. The van der Waals surface area contributed by atoms with Crippen molar-refractivity contribution in [3.05, 3.63) is 39.4 Å². The van der Waals surface area contributed by atoms with E-state index in [4.69, 9.17) is 5.73 Å². The average molecular weight is 268 g/mol. The Hall–Kier alpha value is -2.51. The summed E-state index contributed by atoms with van der Waals surface area (Å²) in [4.78, 5) is 9.68. The predicted molar refractivity (Wildman–Crippen MR) is 64.4 cm³/mol. The Morgan fingerprint density at radius 2 is 2.05 bits per heavy atom. The summed E-state index contributed by atoms with van der Waals surface area (Å²) in [5.74, 6) is -1.76. The molecular weight excluding hydrogens is 258 g/mol. The van der Waals surface area contributed by atoms with Crippen molar-refractivity contribution in [2.45, 2.75) is 6.92 Å². The summed E-state index contributed by atoms with van der Waals surface area (Å²) in [6.45, 7) is 1.58. The molecule has 6 nitrogen and oxygen atoms in total. The molecule has 0 bridgehead atoms. The third-order valence-corrected chi connectivity index (χ3v) is 2.81. The van der Waals surface area contributed by atoms with Crippen molar-refractivity contribution >= 4 is 11.5 Å². The number of benzene rings is 1. The molecule has 0 fully saturated rings. The third kappa shape index (κ3) is 2.01. The van der Waals surface area contributed by atoms with Crippen LogP contribution in [0.1, 0.15) is 5.56 Å². The maximum absolute atomic E-state index is 14.0. The summed E-state index contributed by atoms with van der Waals surface area (Å²) in [5.41, 5.74) is 4.98. The molecule has 0 saturated heterocycles. The molecule has 0 aliphatic rings. The Labute approximate surface area is 106 Å². The highest BCUT2D eigenvalue weighted by molar-refractivity contribution is 5.70.